The van der Waals surface area contributed by atoms with E-state index in [9.17, 15) is 4.79 Å². The van der Waals surface area contributed by atoms with Crippen molar-refractivity contribution in [3.8, 4) is 0 Å². The van der Waals surface area contributed by atoms with Crippen molar-refractivity contribution in [3.63, 3.8) is 0 Å². The molecule has 1 N–H and O–H groups in total. The van der Waals surface area contributed by atoms with Gasteiger partial charge in [0, 0.05) is 32.5 Å². The molecule has 1 rings (SSSR count). The number of nitrogens with zero attached hydrogens (tertiary/aromatic N) is 2. The maximum absolute atomic E-state index is 12.1. The third kappa shape index (κ3) is 16.1. The van der Waals surface area contributed by atoms with Crippen LogP contribution in [0.2, 0.25) is 0 Å². The first-order valence-corrected chi connectivity index (χ1v) is 13.6. The number of carbonyl (C=O) groups is 1. The van der Waals surface area contributed by atoms with Crippen molar-refractivity contribution in [1.29, 1.82) is 0 Å². The molecule has 0 radical (unpaired) electrons. The van der Waals surface area contributed by atoms with Crippen LogP contribution in [0.15, 0.2) is 29.3 Å². The minimum absolute atomic E-state index is 0.211. The van der Waals surface area contributed by atoms with E-state index in [1.54, 1.807) is 0 Å². The summed E-state index contributed by atoms with van der Waals surface area (Å²) in [6, 6.07) is 0. The lowest BCUT2D eigenvalue weighted by molar-refractivity contribution is -0.121. The average Bonchev–Trinajstić information content (AvgIpc) is 3.24. The van der Waals surface area contributed by atoms with Crippen LogP contribution in [0.4, 0.5) is 0 Å². The molecule has 0 aromatic heterocycles. The second-order valence-electron chi connectivity index (χ2n) is 9.01. The van der Waals surface area contributed by atoms with Crippen molar-refractivity contribution >= 4 is 11.7 Å². The summed E-state index contributed by atoms with van der Waals surface area (Å²) in [5.41, 5.74) is 0. The Morgan fingerprint density at radius 2 is 1.44 bits per heavy atom. The van der Waals surface area contributed by atoms with Gasteiger partial charge in [0.1, 0.15) is 0 Å². The van der Waals surface area contributed by atoms with Crippen LogP contribution < -0.4 is 5.32 Å². The Morgan fingerprint density at radius 3 is 2.09 bits per heavy atom. The zero-order valence-corrected chi connectivity index (χ0v) is 21.3. The van der Waals surface area contributed by atoms with Gasteiger partial charge in [-0.3, -0.25) is 9.79 Å². The first-order valence-electron chi connectivity index (χ1n) is 13.6. The van der Waals surface area contributed by atoms with Crippen LogP contribution in [-0.4, -0.2) is 42.8 Å². The quantitative estimate of drug-likeness (QED) is 0.150. The number of hydrogen-bond donors (Lipinski definition) is 1. The molecule has 4 heteroatoms. The lowest BCUT2D eigenvalue weighted by Crippen LogP contribution is -2.36. The molecule has 1 aliphatic heterocycles. The minimum Gasteiger partial charge on any atom is -0.357 e. The summed E-state index contributed by atoms with van der Waals surface area (Å²) < 4.78 is 0. The van der Waals surface area contributed by atoms with Gasteiger partial charge in [0.05, 0.1) is 12.4 Å². The maximum atomic E-state index is 12.1. The van der Waals surface area contributed by atoms with Crippen LogP contribution in [0, 0.1) is 0 Å². The predicted molar refractivity (Wildman–Crippen MR) is 140 cm³/mol. The van der Waals surface area contributed by atoms with E-state index in [1.807, 2.05) is 0 Å². The highest BCUT2D eigenvalue weighted by molar-refractivity contribution is 5.83. The highest BCUT2D eigenvalue weighted by Crippen LogP contribution is 2.12. The van der Waals surface area contributed by atoms with E-state index < -0.39 is 0 Å². The largest absolute Gasteiger partial charge is 0.357 e. The molecule has 0 aromatic rings. The van der Waals surface area contributed by atoms with Crippen molar-refractivity contribution in [1.82, 2.24) is 10.2 Å². The Balaban J connectivity index is 1.97. The average molecular weight is 446 g/mol. The van der Waals surface area contributed by atoms with Gasteiger partial charge in [0.25, 0.3) is 0 Å². The van der Waals surface area contributed by atoms with E-state index in [1.165, 1.54) is 76.5 Å². The van der Waals surface area contributed by atoms with Crippen LogP contribution in [0.3, 0.4) is 0 Å². The fourth-order valence-electron chi connectivity index (χ4n) is 4.15. The van der Waals surface area contributed by atoms with Crippen LogP contribution >= 0.6 is 0 Å². The second-order valence-corrected chi connectivity index (χ2v) is 9.01. The van der Waals surface area contributed by atoms with Gasteiger partial charge < -0.3 is 10.2 Å². The van der Waals surface area contributed by atoms with Gasteiger partial charge in [-0.1, -0.05) is 76.7 Å². The normalized spacial score (nSPS) is 14.1. The van der Waals surface area contributed by atoms with Gasteiger partial charge >= 0.3 is 0 Å². The number of hydrogen-bond acceptors (Lipinski definition) is 3. The Bertz CT molecular complexity index is 539. The van der Waals surface area contributed by atoms with E-state index in [2.05, 4.69) is 48.4 Å². The van der Waals surface area contributed by atoms with Gasteiger partial charge in [-0.15, -0.1) is 0 Å². The highest BCUT2D eigenvalue weighted by Gasteiger charge is 2.16. The molecule has 32 heavy (non-hydrogen) atoms. The molecule has 0 aliphatic carbocycles. The predicted octanol–water partition coefficient (Wildman–Crippen LogP) is 7.21. The molecule has 0 unspecified atom stereocenters. The number of amidine groups is 1. The molecule has 4 nitrogen and oxygen atoms in total. The molecule has 184 valence electrons. The number of carbonyl (C=O) groups excluding carboxylic acids is 1. The fourth-order valence-corrected chi connectivity index (χ4v) is 4.15. The first kappa shape index (κ1) is 28.5. The summed E-state index contributed by atoms with van der Waals surface area (Å²) in [4.78, 5) is 19.2. The number of rotatable bonds is 21. The maximum Gasteiger partial charge on any atom is 0.220 e. The molecule has 0 aromatic carbocycles. The van der Waals surface area contributed by atoms with Crippen molar-refractivity contribution in [2.24, 2.45) is 4.99 Å². The molecule has 1 heterocycles. The van der Waals surface area contributed by atoms with Gasteiger partial charge in [-0.05, 0) is 51.4 Å². The number of nitrogens with one attached hydrogen (secondary N) is 1. The summed E-state index contributed by atoms with van der Waals surface area (Å²) in [6.07, 6.45) is 28.1. The van der Waals surface area contributed by atoms with Crippen molar-refractivity contribution < 1.29 is 4.79 Å². The molecule has 1 aliphatic rings. The Kier molecular flexibility index (Phi) is 18.9. The van der Waals surface area contributed by atoms with Gasteiger partial charge in [-0.2, -0.15) is 0 Å². The molecule has 0 saturated carbocycles. The molecule has 0 fully saturated rings. The van der Waals surface area contributed by atoms with E-state index in [0.29, 0.717) is 6.42 Å². The molecular weight excluding hydrogens is 394 g/mol. The first-order chi connectivity index (χ1) is 15.8. The monoisotopic (exact) mass is 445 g/mol. The number of allylic oxidation sites excluding steroid dienone is 4. The van der Waals surface area contributed by atoms with Gasteiger partial charge in [0.15, 0.2) is 0 Å². The van der Waals surface area contributed by atoms with Gasteiger partial charge in [0.2, 0.25) is 5.91 Å². The number of amides is 1. The lowest BCUT2D eigenvalue weighted by Gasteiger charge is -2.20. The van der Waals surface area contributed by atoms with E-state index in [0.717, 1.165) is 51.9 Å². The van der Waals surface area contributed by atoms with Gasteiger partial charge in [-0.25, -0.2) is 0 Å². The zero-order valence-electron chi connectivity index (χ0n) is 21.3. The van der Waals surface area contributed by atoms with Crippen molar-refractivity contribution in [2.75, 3.05) is 26.2 Å². The highest BCUT2D eigenvalue weighted by atomic mass is 16.1. The molecule has 0 atom stereocenters. The smallest absolute Gasteiger partial charge is 0.220 e. The Hall–Kier alpha value is -1.58. The second kappa shape index (κ2) is 21.3. The van der Waals surface area contributed by atoms with Crippen LogP contribution in [0.5, 0.6) is 0 Å². The summed E-state index contributed by atoms with van der Waals surface area (Å²) in [6.45, 7) is 7.95. The molecule has 0 spiro atoms. The van der Waals surface area contributed by atoms with Crippen LogP contribution in [0.1, 0.15) is 117 Å². The summed E-state index contributed by atoms with van der Waals surface area (Å²) >= 11 is 0. The number of unbranched alkanes of at least 4 members (excludes halogenated alkanes) is 10. The van der Waals surface area contributed by atoms with Crippen molar-refractivity contribution in [2.45, 2.75) is 117 Å². The van der Waals surface area contributed by atoms with Crippen LogP contribution in [0.25, 0.3) is 0 Å². The Morgan fingerprint density at radius 1 is 0.844 bits per heavy atom. The van der Waals surface area contributed by atoms with Crippen molar-refractivity contribution in [3.05, 3.63) is 24.3 Å². The Labute approximate surface area is 199 Å². The third-order valence-electron chi connectivity index (χ3n) is 6.08. The lowest BCUT2D eigenvalue weighted by atomic mass is 10.1. The zero-order chi connectivity index (χ0) is 23.1. The molecule has 0 bridgehead atoms. The van der Waals surface area contributed by atoms with E-state index >= 15 is 0 Å². The van der Waals surface area contributed by atoms with E-state index in [-0.39, 0.29) is 5.91 Å². The molecular formula is C28H51N3O. The third-order valence-corrected chi connectivity index (χ3v) is 6.08. The topological polar surface area (TPSA) is 44.7 Å². The SMILES string of the molecule is CC/C=C/CCCCCCCC(=O)NCCN1CCN=C1CCCCCCC/C=C/CC. The van der Waals surface area contributed by atoms with E-state index in [4.69, 9.17) is 4.99 Å². The fraction of sp³-hybridized carbons (Fsp3) is 0.786. The summed E-state index contributed by atoms with van der Waals surface area (Å²) in [5.74, 6) is 1.47. The minimum atomic E-state index is 0.211. The summed E-state index contributed by atoms with van der Waals surface area (Å²) in [7, 11) is 0. The molecule has 1 amide bonds. The standard InChI is InChI=1S/C28H51N3O/c1-3-5-7-9-11-13-15-17-19-21-27-29-23-25-31(27)26-24-30-28(32)22-20-18-16-14-12-10-8-6-4-2/h5-8H,3-4,9-26H2,1-2H3,(H,30,32)/b7-5+,8-6+. The molecule has 0 saturated heterocycles. The number of aliphatic imine (C=N–C) groups is 1. The summed E-state index contributed by atoms with van der Waals surface area (Å²) in [5, 5.41) is 3.11. The van der Waals surface area contributed by atoms with Crippen LogP contribution in [-0.2, 0) is 4.79 Å².